The molecule has 0 spiro atoms. The SMILES string of the molecule is CCC(C)n1ncc2c(C(=O)N3CC[C@@H](N)C3)cc(C)nc21. The van der Waals surface area contributed by atoms with Gasteiger partial charge in [0.25, 0.3) is 5.91 Å². The molecule has 0 bridgehead atoms. The highest BCUT2D eigenvalue weighted by atomic mass is 16.2. The second kappa shape index (κ2) is 5.68. The molecule has 3 heterocycles. The average Bonchev–Trinajstić information content (AvgIpc) is 3.11. The van der Waals surface area contributed by atoms with E-state index in [1.807, 2.05) is 22.6 Å². The number of aryl methyl sites for hydroxylation is 1. The zero-order valence-electron chi connectivity index (χ0n) is 13.4. The van der Waals surface area contributed by atoms with Crippen molar-refractivity contribution in [1.29, 1.82) is 0 Å². The minimum absolute atomic E-state index is 0.0344. The molecule has 1 fully saturated rings. The number of carbonyl (C=O) groups is 1. The number of likely N-dealkylation sites (tertiary alicyclic amines) is 1. The van der Waals surface area contributed by atoms with Crippen LogP contribution in [0, 0.1) is 6.92 Å². The number of rotatable bonds is 3. The number of hydrogen-bond acceptors (Lipinski definition) is 4. The molecule has 1 aliphatic rings. The second-order valence-electron chi connectivity index (χ2n) is 6.19. The number of fused-ring (bicyclic) bond motifs is 1. The first-order chi connectivity index (χ1) is 10.5. The van der Waals surface area contributed by atoms with E-state index in [1.54, 1.807) is 6.20 Å². The zero-order valence-corrected chi connectivity index (χ0v) is 13.4. The number of aromatic nitrogens is 3. The van der Waals surface area contributed by atoms with Crippen molar-refractivity contribution in [3.05, 3.63) is 23.5 Å². The number of hydrogen-bond donors (Lipinski definition) is 1. The molecule has 1 saturated heterocycles. The first-order valence-electron chi connectivity index (χ1n) is 7.91. The fourth-order valence-corrected chi connectivity index (χ4v) is 2.96. The fraction of sp³-hybridized carbons (Fsp3) is 0.562. The Balaban J connectivity index is 2.06. The van der Waals surface area contributed by atoms with Crippen molar-refractivity contribution in [3.63, 3.8) is 0 Å². The van der Waals surface area contributed by atoms with Gasteiger partial charge in [0.15, 0.2) is 5.65 Å². The number of nitrogens with two attached hydrogens (primary N) is 1. The van der Waals surface area contributed by atoms with Gasteiger partial charge in [-0.15, -0.1) is 0 Å². The van der Waals surface area contributed by atoms with Crippen LogP contribution in [0.1, 0.15) is 48.8 Å². The largest absolute Gasteiger partial charge is 0.337 e. The predicted molar refractivity (Wildman–Crippen MR) is 85.8 cm³/mol. The van der Waals surface area contributed by atoms with Gasteiger partial charge in [-0.3, -0.25) is 4.79 Å². The molecule has 6 nitrogen and oxygen atoms in total. The van der Waals surface area contributed by atoms with Gasteiger partial charge in [0.2, 0.25) is 0 Å². The van der Waals surface area contributed by atoms with Crippen molar-refractivity contribution in [2.24, 2.45) is 5.73 Å². The Labute approximate surface area is 130 Å². The van der Waals surface area contributed by atoms with E-state index in [2.05, 4.69) is 23.9 Å². The van der Waals surface area contributed by atoms with Crippen LogP contribution in [0.15, 0.2) is 12.3 Å². The van der Waals surface area contributed by atoms with Gasteiger partial charge >= 0.3 is 0 Å². The summed E-state index contributed by atoms with van der Waals surface area (Å²) in [5, 5.41) is 5.28. The van der Waals surface area contributed by atoms with Gasteiger partial charge in [-0.25, -0.2) is 9.67 Å². The van der Waals surface area contributed by atoms with Gasteiger partial charge in [0, 0.05) is 24.8 Å². The summed E-state index contributed by atoms with van der Waals surface area (Å²) < 4.78 is 1.91. The lowest BCUT2D eigenvalue weighted by Crippen LogP contribution is -2.32. The molecule has 2 N–H and O–H groups in total. The van der Waals surface area contributed by atoms with Crippen LogP contribution in [0.5, 0.6) is 0 Å². The van der Waals surface area contributed by atoms with Crippen LogP contribution in [-0.2, 0) is 0 Å². The summed E-state index contributed by atoms with van der Waals surface area (Å²) in [6.07, 6.45) is 3.60. The van der Waals surface area contributed by atoms with E-state index in [9.17, 15) is 4.79 Å². The molecule has 118 valence electrons. The molecule has 2 aromatic heterocycles. The highest BCUT2D eigenvalue weighted by Crippen LogP contribution is 2.24. The Morgan fingerprint density at radius 1 is 1.55 bits per heavy atom. The summed E-state index contributed by atoms with van der Waals surface area (Å²) in [4.78, 5) is 19.2. The second-order valence-corrected chi connectivity index (χ2v) is 6.19. The molecule has 6 heteroatoms. The molecular weight excluding hydrogens is 278 g/mol. The predicted octanol–water partition coefficient (Wildman–Crippen LogP) is 1.88. The molecule has 1 aliphatic heterocycles. The van der Waals surface area contributed by atoms with Crippen molar-refractivity contribution in [2.45, 2.75) is 45.7 Å². The van der Waals surface area contributed by atoms with Crippen molar-refractivity contribution < 1.29 is 4.79 Å². The van der Waals surface area contributed by atoms with E-state index in [1.165, 1.54) is 0 Å². The lowest BCUT2D eigenvalue weighted by molar-refractivity contribution is 0.0792. The van der Waals surface area contributed by atoms with E-state index < -0.39 is 0 Å². The summed E-state index contributed by atoms with van der Waals surface area (Å²) in [6, 6.07) is 2.21. The van der Waals surface area contributed by atoms with E-state index in [0.29, 0.717) is 12.1 Å². The van der Waals surface area contributed by atoms with Crippen LogP contribution in [0.4, 0.5) is 0 Å². The average molecular weight is 301 g/mol. The zero-order chi connectivity index (χ0) is 15.9. The van der Waals surface area contributed by atoms with Gasteiger partial charge in [0.1, 0.15) is 0 Å². The van der Waals surface area contributed by atoms with Crippen molar-refractivity contribution in [3.8, 4) is 0 Å². The summed E-state index contributed by atoms with van der Waals surface area (Å²) >= 11 is 0. The number of pyridine rings is 1. The normalized spacial score (nSPS) is 19.8. The molecule has 3 rings (SSSR count). The third-order valence-corrected chi connectivity index (χ3v) is 4.45. The van der Waals surface area contributed by atoms with Crippen molar-refractivity contribution >= 4 is 16.9 Å². The van der Waals surface area contributed by atoms with Crippen molar-refractivity contribution in [1.82, 2.24) is 19.7 Å². The molecule has 22 heavy (non-hydrogen) atoms. The van der Waals surface area contributed by atoms with Crippen LogP contribution in [0.25, 0.3) is 11.0 Å². The molecule has 1 unspecified atom stereocenters. The molecule has 0 saturated carbocycles. The number of carbonyl (C=O) groups excluding carboxylic acids is 1. The van der Waals surface area contributed by atoms with Gasteiger partial charge in [-0.05, 0) is 32.8 Å². The minimum atomic E-state index is 0.0344. The monoisotopic (exact) mass is 301 g/mol. The Kier molecular flexibility index (Phi) is 3.87. The van der Waals surface area contributed by atoms with Gasteiger partial charge in [0.05, 0.1) is 23.2 Å². The maximum absolute atomic E-state index is 12.8. The number of amides is 1. The standard InChI is InChI=1S/C16H23N5O/c1-4-11(3)21-15-14(8-18-21)13(7-10(2)19-15)16(22)20-6-5-12(17)9-20/h7-8,11-12H,4-6,9,17H2,1-3H3/t11?,12-/m1/s1. The topological polar surface area (TPSA) is 77.0 Å². The number of nitrogens with zero attached hydrogens (tertiary/aromatic N) is 4. The lowest BCUT2D eigenvalue weighted by Gasteiger charge is -2.17. The maximum Gasteiger partial charge on any atom is 0.254 e. The van der Waals surface area contributed by atoms with Crippen molar-refractivity contribution in [2.75, 3.05) is 13.1 Å². The highest BCUT2D eigenvalue weighted by molar-refractivity contribution is 6.05. The van der Waals surface area contributed by atoms with Crippen LogP contribution in [-0.4, -0.2) is 44.7 Å². The summed E-state index contributed by atoms with van der Waals surface area (Å²) in [5.41, 5.74) is 8.24. The molecular formula is C16H23N5O. The highest BCUT2D eigenvalue weighted by Gasteiger charge is 2.27. The lowest BCUT2D eigenvalue weighted by atomic mass is 10.1. The Hall–Kier alpha value is -1.95. The fourth-order valence-electron chi connectivity index (χ4n) is 2.96. The Morgan fingerprint density at radius 3 is 2.95 bits per heavy atom. The molecule has 2 aromatic rings. The van der Waals surface area contributed by atoms with Crippen LogP contribution >= 0.6 is 0 Å². The third kappa shape index (κ3) is 2.47. The first kappa shape index (κ1) is 15.0. The first-order valence-corrected chi connectivity index (χ1v) is 7.91. The summed E-state index contributed by atoms with van der Waals surface area (Å²) in [6.45, 7) is 7.49. The molecule has 0 radical (unpaired) electrons. The summed E-state index contributed by atoms with van der Waals surface area (Å²) in [7, 11) is 0. The molecule has 2 atom stereocenters. The quantitative estimate of drug-likeness (QED) is 0.939. The van der Waals surface area contributed by atoms with E-state index in [-0.39, 0.29) is 18.0 Å². The Morgan fingerprint density at radius 2 is 2.32 bits per heavy atom. The van der Waals surface area contributed by atoms with Gasteiger partial charge in [-0.2, -0.15) is 5.10 Å². The van der Waals surface area contributed by atoms with Crippen LogP contribution in [0.3, 0.4) is 0 Å². The molecule has 0 aromatic carbocycles. The van der Waals surface area contributed by atoms with Gasteiger partial charge in [-0.1, -0.05) is 6.92 Å². The maximum atomic E-state index is 12.8. The van der Waals surface area contributed by atoms with E-state index >= 15 is 0 Å². The minimum Gasteiger partial charge on any atom is -0.337 e. The molecule has 0 aliphatic carbocycles. The van der Waals surface area contributed by atoms with Crippen LogP contribution < -0.4 is 5.73 Å². The van der Waals surface area contributed by atoms with E-state index in [4.69, 9.17) is 5.73 Å². The molecule has 1 amide bonds. The third-order valence-electron chi connectivity index (χ3n) is 4.45. The Bertz CT molecular complexity index is 708. The van der Waals surface area contributed by atoms with Crippen LogP contribution in [0.2, 0.25) is 0 Å². The van der Waals surface area contributed by atoms with E-state index in [0.717, 1.165) is 36.1 Å². The smallest absolute Gasteiger partial charge is 0.254 e. The summed E-state index contributed by atoms with van der Waals surface area (Å²) in [5.74, 6) is 0.0344. The van der Waals surface area contributed by atoms with Gasteiger partial charge < -0.3 is 10.6 Å².